The van der Waals surface area contributed by atoms with Crippen molar-refractivity contribution in [2.75, 3.05) is 18.8 Å². The lowest BCUT2D eigenvalue weighted by atomic mass is 10.2. The molecule has 0 spiro atoms. The molecule has 1 aliphatic heterocycles. The lowest BCUT2D eigenvalue weighted by molar-refractivity contribution is 0.321. The Hall–Kier alpha value is -0.130. The van der Waals surface area contributed by atoms with Gasteiger partial charge in [-0.15, -0.1) is 0 Å². The maximum absolute atomic E-state index is 12.3. The van der Waals surface area contributed by atoms with Gasteiger partial charge in [-0.3, -0.25) is 0 Å². The van der Waals surface area contributed by atoms with Crippen LogP contribution in [0.25, 0.3) is 0 Å². The second-order valence-electron chi connectivity index (χ2n) is 5.63. The van der Waals surface area contributed by atoms with E-state index in [2.05, 4.69) is 5.32 Å². The zero-order chi connectivity index (χ0) is 13.1. The van der Waals surface area contributed by atoms with Crippen molar-refractivity contribution in [1.82, 2.24) is 9.62 Å². The molecule has 4 nitrogen and oxygen atoms in total. The summed E-state index contributed by atoms with van der Waals surface area (Å²) in [5, 5.41) is 3.36. The van der Waals surface area contributed by atoms with Gasteiger partial charge in [-0.1, -0.05) is 13.8 Å². The van der Waals surface area contributed by atoms with Crippen molar-refractivity contribution in [2.24, 2.45) is 5.92 Å². The van der Waals surface area contributed by atoms with E-state index < -0.39 is 10.0 Å². The van der Waals surface area contributed by atoms with E-state index in [0.717, 1.165) is 19.4 Å². The van der Waals surface area contributed by atoms with Crippen molar-refractivity contribution in [1.29, 1.82) is 0 Å². The first-order chi connectivity index (χ1) is 7.83. The number of sulfonamides is 1. The summed E-state index contributed by atoms with van der Waals surface area (Å²) in [6, 6.07) is 0.375. The monoisotopic (exact) mass is 262 g/mol. The van der Waals surface area contributed by atoms with E-state index in [-0.39, 0.29) is 17.7 Å². The third kappa shape index (κ3) is 4.56. The molecule has 1 atom stereocenters. The topological polar surface area (TPSA) is 49.4 Å². The maximum atomic E-state index is 12.3. The molecule has 17 heavy (non-hydrogen) atoms. The summed E-state index contributed by atoms with van der Waals surface area (Å²) in [4.78, 5) is 0. The molecular formula is C12H26N2O2S. The second kappa shape index (κ2) is 6.16. The van der Waals surface area contributed by atoms with E-state index in [0.29, 0.717) is 12.6 Å². The molecule has 102 valence electrons. The average Bonchev–Trinajstić information content (AvgIpc) is 2.63. The Balaban J connectivity index is 2.70. The summed E-state index contributed by atoms with van der Waals surface area (Å²) in [6.07, 6.45) is 2.24. The Bertz CT molecular complexity index is 319. The molecule has 1 saturated heterocycles. The van der Waals surface area contributed by atoms with Gasteiger partial charge in [0.2, 0.25) is 10.0 Å². The molecule has 1 rings (SSSR count). The highest BCUT2D eigenvalue weighted by molar-refractivity contribution is 7.89. The smallest absolute Gasteiger partial charge is 0.214 e. The lowest BCUT2D eigenvalue weighted by Crippen LogP contribution is -2.46. The Morgan fingerprint density at radius 3 is 2.35 bits per heavy atom. The molecule has 1 N–H and O–H groups in total. The zero-order valence-corrected chi connectivity index (χ0v) is 12.3. The van der Waals surface area contributed by atoms with Crippen LogP contribution in [0.2, 0.25) is 0 Å². The molecule has 1 aliphatic rings. The van der Waals surface area contributed by atoms with Gasteiger partial charge in [-0.2, -0.15) is 4.31 Å². The summed E-state index contributed by atoms with van der Waals surface area (Å²) in [7, 11) is -3.12. The van der Waals surface area contributed by atoms with Crippen LogP contribution in [0.4, 0.5) is 0 Å². The predicted molar refractivity (Wildman–Crippen MR) is 71.5 cm³/mol. The van der Waals surface area contributed by atoms with Crippen molar-refractivity contribution in [2.45, 2.75) is 52.6 Å². The fraction of sp³-hybridized carbons (Fsp3) is 1.00. The van der Waals surface area contributed by atoms with Crippen LogP contribution < -0.4 is 5.32 Å². The number of rotatable bonds is 6. The minimum absolute atomic E-state index is 0.0427. The zero-order valence-electron chi connectivity index (χ0n) is 11.4. The quantitative estimate of drug-likeness (QED) is 0.788. The summed E-state index contributed by atoms with van der Waals surface area (Å²) in [5.74, 6) is 0.426. The molecule has 0 bridgehead atoms. The SMILES string of the molecule is CC(C)CS(=O)(=O)N(CC1CCCN1)C(C)C. The number of nitrogens with zero attached hydrogens (tertiary/aromatic N) is 1. The van der Waals surface area contributed by atoms with Crippen LogP contribution >= 0.6 is 0 Å². The van der Waals surface area contributed by atoms with Crippen molar-refractivity contribution >= 4 is 10.0 Å². The first-order valence-corrected chi connectivity index (χ1v) is 8.16. The van der Waals surface area contributed by atoms with Crippen LogP contribution in [0.15, 0.2) is 0 Å². The van der Waals surface area contributed by atoms with Gasteiger partial charge in [-0.25, -0.2) is 8.42 Å². The van der Waals surface area contributed by atoms with Crippen LogP contribution in [-0.4, -0.2) is 43.6 Å². The fourth-order valence-corrected chi connectivity index (χ4v) is 4.38. The molecule has 0 saturated carbocycles. The van der Waals surface area contributed by atoms with Crippen molar-refractivity contribution < 1.29 is 8.42 Å². The van der Waals surface area contributed by atoms with E-state index in [1.807, 2.05) is 27.7 Å². The Morgan fingerprint density at radius 1 is 1.29 bits per heavy atom. The highest BCUT2D eigenvalue weighted by atomic mass is 32.2. The Labute approximate surface area is 106 Å². The van der Waals surface area contributed by atoms with E-state index in [1.54, 1.807) is 4.31 Å². The van der Waals surface area contributed by atoms with Crippen LogP contribution in [0.5, 0.6) is 0 Å². The van der Waals surface area contributed by atoms with Gasteiger partial charge in [0.05, 0.1) is 5.75 Å². The minimum atomic E-state index is -3.12. The molecule has 0 aromatic heterocycles. The fourth-order valence-electron chi connectivity index (χ4n) is 2.29. The minimum Gasteiger partial charge on any atom is -0.313 e. The van der Waals surface area contributed by atoms with Gasteiger partial charge in [-0.05, 0) is 39.2 Å². The summed E-state index contributed by atoms with van der Waals surface area (Å²) >= 11 is 0. The predicted octanol–water partition coefficient (Wildman–Crippen LogP) is 1.43. The van der Waals surface area contributed by atoms with E-state index in [9.17, 15) is 8.42 Å². The first-order valence-electron chi connectivity index (χ1n) is 6.56. The van der Waals surface area contributed by atoms with Gasteiger partial charge in [0, 0.05) is 18.6 Å². The molecule has 0 aromatic rings. The van der Waals surface area contributed by atoms with Gasteiger partial charge in [0.15, 0.2) is 0 Å². The molecule has 0 amide bonds. The Morgan fingerprint density at radius 2 is 1.94 bits per heavy atom. The number of nitrogens with one attached hydrogen (secondary N) is 1. The van der Waals surface area contributed by atoms with Crippen molar-refractivity contribution in [3.8, 4) is 0 Å². The Kier molecular flexibility index (Phi) is 5.41. The molecule has 1 heterocycles. The van der Waals surface area contributed by atoms with Crippen molar-refractivity contribution in [3.05, 3.63) is 0 Å². The number of hydrogen-bond acceptors (Lipinski definition) is 3. The maximum Gasteiger partial charge on any atom is 0.214 e. The second-order valence-corrected chi connectivity index (χ2v) is 7.60. The van der Waals surface area contributed by atoms with Gasteiger partial charge in [0.1, 0.15) is 0 Å². The van der Waals surface area contributed by atoms with Crippen LogP contribution in [0.1, 0.15) is 40.5 Å². The molecule has 1 unspecified atom stereocenters. The van der Waals surface area contributed by atoms with Crippen LogP contribution in [0, 0.1) is 5.92 Å². The highest BCUT2D eigenvalue weighted by Gasteiger charge is 2.29. The molecule has 0 aromatic carbocycles. The van der Waals surface area contributed by atoms with Gasteiger partial charge in [0.25, 0.3) is 0 Å². The van der Waals surface area contributed by atoms with Crippen LogP contribution in [0.3, 0.4) is 0 Å². The van der Waals surface area contributed by atoms with E-state index in [4.69, 9.17) is 0 Å². The molecule has 1 fully saturated rings. The largest absolute Gasteiger partial charge is 0.313 e. The van der Waals surface area contributed by atoms with Crippen LogP contribution in [-0.2, 0) is 10.0 Å². The first kappa shape index (κ1) is 14.9. The normalized spacial score (nSPS) is 21.9. The third-order valence-electron chi connectivity index (χ3n) is 3.04. The summed E-state index contributed by atoms with van der Waals surface area (Å²) in [6.45, 7) is 9.43. The molecule has 5 heteroatoms. The molecular weight excluding hydrogens is 236 g/mol. The third-order valence-corrected chi connectivity index (χ3v) is 5.41. The molecule has 0 radical (unpaired) electrons. The van der Waals surface area contributed by atoms with Crippen molar-refractivity contribution in [3.63, 3.8) is 0 Å². The summed E-state index contributed by atoms with van der Waals surface area (Å²) < 4.78 is 26.2. The highest BCUT2D eigenvalue weighted by Crippen LogP contribution is 2.15. The number of hydrogen-bond donors (Lipinski definition) is 1. The van der Waals surface area contributed by atoms with Gasteiger partial charge >= 0.3 is 0 Å². The summed E-state index contributed by atoms with van der Waals surface area (Å²) in [5.41, 5.74) is 0. The van der Waals surface area contributed by atoms with E-state index >= 15 is 0 Å². The standard InChI is InChI=1S/C12H26N2O2S/c1-10(2)9-17(15,16)14(11(3)4)8-12-6-5-7-13-12/h10-13H,5-9H2,1-4H3. The average molecular weight is 262 g/mol. The molecule has 0 aliphatic carbocycles. The van der Waals surface area contributed by atoms with E-state index in [1.165, 1.54) is 0 Å². The lowest BCUT2D eigenvalue weighted by Gasteiger charge is -2.29. The van der Waals surface area contributed by atoms with Gasteiger partial charge < -0.3 is 5.32 Å².